The van der Waals surface area contributed by atoms with Crippen LogP contribution >= 0.6 is 0 Å². The Hall–Kier alpha value is 0.830. The van der Waals surface area contributed by atoms with Gasteiger partial charge in [0.1, 0.15) is 0 Å². The summed E-state index contributed by atoms with van der Waals surface area (Å²) in [5, 5.41) is 0. The molecule has 0 aliphatic carbocycles. The van der Waals surface area contributed by atoms with Crippen LogP contribution in [0.5, 0.6) is 0 Å². The molecular formula is C5H12NNaO4S. The molecule has 0 unspecified atom stereocenters. The van der Waals surface area contributed by atoms with Gasteiger partial charge >= 0.3 is 29.6 Å². The first-order valence-corrected chi connectivity index (χ1v) is 4.65. The summed E-state index contributed by atoms with van der Waals surface area (Å²) in [5.74, 6) is 0. The van der Waals surface area contributed by atoms with Crippen LogP contribution in [0.25, 0.3) is 0 Å². The van der Waals surface area contributed by atoms with Crippen LogP contribution in [0.3, 0.4) is 0 Å². The first-order valence-electron chi connectivity index (χ1n) is 3.24. The van der Waals surface area contributed by atoms with Crippen LogP contribution < -0.4 is 34.3 Å². The Morgan fingerprint density at radius 2 is 2.00 bits per heavy atom. The van der Waals surface area contributed by atoms with Crippen molar-refractivity contribution in [3.8, 4) is 0 Å². The molecule has 5 nitrogen and oxygen atoms in total. The van der Waals surface area contributed by atoms with E-state index in [1.54, 1.807) is 4.72 Å². The Bertz CT molecular complexity index is 192. The minimum Gasteiger partial charge on any atom is -0.735 e. The van der Waals surface area contributed by atoms with E-state index in [1.807, 2.05) is 13.8 Å². The molecule has 0 radical (unpaired) electrons. The molecule has 7 heteroatoms. The average Bonchev–Trinajstić information content (AvgIpc) is 1.78. The largest absolute Gasteiger partial charge is 1.00 e. The van der Waals surface area contributed by atoms with Crippen molar-refractivity contribution in [2.75, 3.05) is 13.2 Å². The van der Waals surface area contributed by atoms with Crippen molar-refractivity contribution in [1.82, 2.24) is 4.72 Å². The summed E-state index contributed by atoms with van der Waals surface area (Å²) < 4.78 is 36.6. The maximum absolute atomic E-state index is 9.95. The van der Waals surface area contributed by atoms with Gasteiger partial charge in [0, 0.05) is 6.54 Å². The third-order valence-electron chi connectivity index (χ3n) is 0.832. The Labute approximate surface area is 95.0 Å². The predicted octanol–water partition coefficient (Wildman–Crippen LogP) is -3.53. The van der Waals surface area contributed by atoms with Gasteiger partial charge in [0.15, 0.2) is 10.3 Å². The van der Waals surface area contributed by atoms with Crippen LogP contribution in [0.2, 0.25) is 0 Å². The molecule has 0 bridgehead atoms. The van der Waals surface area contributed by atoms with E-state index in [0.29, 0.717) is 0 Å². The molecule has 0 saturated heterocycles. The van der Waals surface area contributed by atoms with Crippen molar-refractivity contribution in [3.05, 3.63) is 0 Å². The Morgan fingerprint density at radius 3 is 2.33 bits per heavy atom. The van der Waals surface area contributed by atoms with Crippen molar-refractivity contribution in [3.63, 3.8) is 0 Å². The number of ether oxygens (including phenoxy) is 1. The maximum atomic E-state index is 9.95. The number of rotatable bonds is 5. The topological polar surface area (TPSA) is 78.5 Å². The van der Waals surface area contributed by atoms with E-state index in [1.165, 1.54) is 0 Å². The van der Waals surface area contributed by atoms with Gasteiger partial charge in [-0.2, -0.15) is 0 Å². The summed E-state index contributed by atoms with van der Waals surface area (Å²) >= 11 is 0. The second-order valence-corrected chi connectivity index (χ2v) is 3.46. The van der Waals surface area contributed by atoms with Gasteiger partial charge in [-0.05, 0) is 13.8 Å². The number of hydrogen-bond acceptors (Lipinski definition) is 4. The summed E-state index contributed by atoms with van der Waals surface area (Å²) in [6.45, 7) is 3.90. The fraction of sp³-hybridized carbons (Fsp3) is 1.00. The molecule has 0 aromatic carbocycles. The molecule has 0 spiro atoms. The zero-order valence-electron chi connectivity index (χ0n) is 7.53. The van der Waals surface area contributed by atoms with E-state index in [0.717, 1.165) is 0 Å². The fourth-order valence-corrected chi connectivity index (χ4v) is 0.795. The van der Waals surface area contributed by atoms with Crippen molar-refractivity contribution in [1.29, 1.82) is 0 Å². The SMILES string of the molecule is CC(C)OCCNS(=O)(=O)[O-].[Na+]. The van der Waals surface area contributed by atoms with E-state index in [9.17, 15) is 13.0 Å². The Morgan fingerprint density at radius 1 is 1.50 bits per heavy atom. The molecule has 0 heterocycles. The normalized spacial score (nSPS) is 11.3. The minimum absolute atomic E-state index is 0. The molecule has 0 atom stereocenters. The van der Waals surface area contributed by atoms with Crippen molar-refractivity contribution < 1.29 is 47.3 Å². The van der Waals surface area contributed by atoms with Gasteiger partial charge in [0.05, 0.1) is 12.7 Å². The molecule has 0 rings (SSSR count). The summed E-state index contributed by atoms with van der Waals surface area (Å²) in [6.07, 6.45) is 0.0474. The van der Waals surface area contributed by atoms with E-state index in [-0.39, 0.29) is 48.8 Å². The fourth-order valence-electron chi connectivity index (χ4n) is 0.461. The quantitative estimate of drug-likeness (QED) is 0.286. The van der Waals surface area contributed by atoms with Crippen LogP contribution in [-0.2, 0) is 15.0 Å². The maximum Gasteiger partial charge on any atom is 1.00 e. The zero-order valence-corrected chi connectivity index (χ0v) is 10.3. The molecule has 0 amide bonds. The molecule has 0 aliphatic rings. The van der Waals surface area contributed by atoms with Crippen LogP contribution in [0.1, 0.15) is 13.8 Å². The predicted molar refractivity (Wildman–Crippen MR) is 38.8 cm³/mol. The molecule has 0 aromatic heterocycles. The third kappa shape index (κ3) is 13.4. The second kappa shape index (κ2) is 7.25. The molecule has 12 heavy (non-hydrogen) atoms. The molecule has 68 valence electrons. The van der Waals surface area contributed by atoms with Crippen LogP contribution in [0.4, 0.5) is 0 Å². The van der Waals surface area contributed by atoms with Gasteiger partial charge < -0.3 is 9.29 Å². The van der Waals surface area contributed by atoms with Crippen LogP contribution in [-0.4, -0.2) is 32.2 Å². The summed E-state index contributed by atoms with van der Waals surface area (Å²) in [6, 6.07) is 0. The molecular weight excluding hydrogens is 193 g/mol. The molecule has 1 N–H and O–H groups in total. The molecule has 0 aromatic rings. The van der Waals surface area contributed by atoms with E-state index < -0.39 is 10.3 Å². The summed E-state index contributed by atoms with van der Waals surface area (Å²) in [5.41, 5.74) is 0. The van der Waals surface area contributed by atoms with Crippen LogP contribution in [0, 0.1) is 0 Å². The summed E-state index contributed by atoms with van der Waals surface area (Å²) in [7, 11) is -4.30. The van der Waals surface area contributed by atoms with Crippen molar-refractivity contribution >= 4 is 10.3 Å². The second-order valence-electron chi connectivity index (χ2n) is 2.27. The summed E-state index contributed by atoms with van der Waals surface area (Å²) in [4.78, 5) is 0. The standard InChI is InChI=1S/C5H13NO4S.Na/c1-5(2)10-4-3-6-11(7,8)9;/h5-6H,3-4H2,1-2H3,(H,7,8,9);/q;+1/p-1. The molecule has 0 saturated carbocycles. The van der Waals surface area contributed by atoms with Gasteiger partial charge in [-0.1, -0.05) is 0 Å². The van der Waals surface area contributed by atoms with Crippen molar-refractivity contribution in [2.45, 2.75) is 20.0 Å². The Kier molecular flexibility index (Phi) is 9.25. The van der Waals surface area contributed by atoms with E-state index in [2.05, 4.69) is 0 Å². The Balaban J connectivity index is 0. The van der Waals surface area contributed by atoms with Gasteiger partial charge in [-0.15, -0.1) is 0 Å². The van der Waals surface area contributed by atoms with Gasteiger partial charge in [0.2, 0.25) is 0 Å². The van der Waals surface area contributed by atoms with Crippen LogP contribution in [0.15, 0.2) is 0 Å². The van der Waals surface area contributed by atoms with E-state index in [4.69, 9.17) is 4.74 Å². The van der Waals surface area contributed by atoms with Gasteiger partial charge in [-0.3, -0.25) is 0 Å². The zero-order chi connectivity index (χ0) is 8.91. The van der Waals surface area contributed by atoms with Gasteiger partial charge in [0.25, 0.3) is 0 Å². The average molecular weight is 205 g/mol. The number of nitrogens with one attached hydrogen (secondary N) is 1. The third-order valence-corrected chi connectivity index (χ3v) is 1.39. The van der Waals surface area contributed by atoms with E-state index >= 15 is 0 Å². The first-order chi connectivity index (χ1) is 4.92. The monoisotopic (exact) mass is 205 g/mol. The van der Waals surface area contributed by atoms with Crippen molar-refractivity contribution in [2.24, 2.45) is 0 Å². The molecule has 0 fully saturated rings. The number of hydrogen-bond donors (Lipinski definition) is 1. The van der Waals surface area contributed by atoms with Gasteiger partial charge in [-0.25, -0.2) is 13.1 Å². The molecule has 0 aliphatic heterocycles. The smallest absolute Gasteiger partial charge is 0.735 e. The first kappa shape index (κ1) is 15.3. The minimum atomic E-state index is -4.30.